The maximum absolute atomic E-state index is 10.8. The van der Waals surface area contributed by atoms with Crippen LogP contribution in [0, 0.1) is 5.92 Å². The van der Waals surface area contributed by atoms with Gasteiger partial charge in [-0.15, -0.1) is 0 Å². The van der Waals surface area contributed by atoms with Crippen LogP contribution >= 0.6 is 0 Å². The summed E-state index contributed by atoms with van der Waals surface area (Å²) in [5.74, 6) is -0.504. The van der Waals surface area contributed by atoms with E-state index >= 15 is 0 Å². The molecule has 0 aromatic carbocycles. The highest BCUT2D eigenvalue weighted by Crippen LogP contribution is 2.02. The normalized spacial score (nSPS) is 12.7. The first-order valence-electron chi connectivity index (χ1n) is 3.47. The molecule has 0 amide bonds. The van der Waals surface area contributed by atoms with Crippen molar-refractivity contribution in [3.05, 3.63) is 0 Å². The van der Waals surface area contributed by atoms with Crippen LogP contribution in [0.3, 0.4) is 0 Å². The molecule has 0 N–H and O–H groups in total. The van der Waals surface area contributed by atoms with Crippen LogP contribution in [0.1, 0.15) is 20.3 Å². The van der Waals surface area contributed by atoms with Gasteiger partial charge >= 0.3 is 5.97 Å². The summed E-state index contributed by atoms with van der Waals surface area (Å²) in [6.45, 7) is 3.64. The third-order valence-corrected chi connectivity index (χ3v) is 1.24. The zero-order chi connectivity index (χ0) is 7.98. The molecule has 0 saturated heterocycles. The van der Waals surface area contributed by atoms with Gasteiger partial charge in [0.1, 0.15) is 0 Å². The predicted octanol–water partition coefficient (Wildman–Crippen LogP) is 1.01. The van der Waals surface area contributed by atoms with Gasteiger partial charge in [0.2, 0.25) is 0 Å². The molecular weight excluding hydrogens is 132 g/mol. The Hall–Kier alpha value is -0.570. The lowest BCUT2D eigenvalue weighted by Gasteiger charge is -2.06. The Kier molecular flexibility index (Phi) is 4.94. The second-order valence-electron chi connectivity index (χ2n) is 2.15. The fraction of sp³-hybridized carbons (Fsp3) is 0.857. The average Bonchev–Trinajstić information content (AvgIpc) is 1.89. The van der Waals surface area contributed by atoms with Gasteiger partial charge in [-0.05, 0) is 13.3 Å². The van der Waals surface area contributed by atoms with E-state index in [1.165, 1.54) is 0 Å². The Morgan fingerprint density at radius 2 is 2.20 bits per heavy atom. The second-order valence-corrected chi connectivity index (χ2v) is 2.15. The SMILES string of the molecule is CCOC(=O)C(C)CC[O]. The summed E-state index contributed by atoms with van der Waals surface area (Å²) in [4.78, 5) is 10.8. The average molecular weight is 145 g/mol. The summed E-state index contributed by atoms with van der Waals surface area (Å²) >= 11 is 0. The van der Waals surface area contributed by atoms with Gasteiger partial charge in [0.25, 0.3) is 0 Å². The van der Waals surface area contributed by atoms with Gasteiger partial charge in [-0.25, -0.2) is 5.11 Å². The highest BCUT2D eigenvalue weighted by atomic mass is 16.5. The summed E-state index contributed by atoms with van der Waals surface area (Å²) in [5.41, 5.74) is 0. The largest absolute Gasteiger partial charge is 0.466 e. The molecule has 0 aliphatic heterocycles. The summed E-state index contributed by atoms with van der Waals surface area (Å²) < 4.78 is 4.68. The van der Waals surface area contributed by atoms with Crippen molar-refractivity contribution in [2.24, 2.45) is 5.92 Å². The Bertz CT molecular complexity index is 101. The first kappa shape index (κ1) is 9.43. The molecule has 0 saturated carbocycles. The number of ether oxygens (including phenoxy) is 1. The van der Waals surface area contributed by atoms with Crippen LogP contribution in [0.25, 0.3) is 0 Å². The molecule has 1 atom stereocenters. The van der Waals surface area contributed by atoms with E-state index in [9.17, 15) is 9.90 Å². The van der Waals surface area contributed by atoms with E-state index in [0.717, 1.165) is 0 Å². The van der Waals surface area contributed by atoms with Crippen molar-refractivity contribution >= 4 is 5.97 Å². The Morgan fingerprint density at radius 1 is 1.60 bits per heavy atom. The minimum Gasteiger partial charge on any atom is -0.466 e. The predicted molar refractivity (Wildman–Crippen MR) is 36.0 cm³/mol. The van der Waals surface area contributed by atoms with Crippen molar-refractivity contribution in [2.75, 3.05) is 13.2 Å². The standard InChI is InChI=1S/C7H13O3/c1-3-10-7(9)6(2)4-5-8/h6H,3-5H2,1-2H3. The molecular formula is C7H13O3. The van der Waals surface area contributed by atoms with Crippen LogP contribution in [-0.4, -0.2) is 19.2 Å². The highest BCUT2D eigenvalue weighted by molar-refractivity contribution is 5.71. The number of esters is 1. The minimum absolute atomic E-state index is 0.208. The van der Waals surface area contributed by atoms with E-state index in [2.05, 4.69) is 4.74 Å². The lowest BCUT2D eigenvalue weighted by Crippen LogP contribution is -2.15. The summed E-state index contributed by atoms with van der Waals surface area (Å²) in [7, 11) is 0. The molecule has 0 aromatic heterocycles. The second kappa shape index (κ2) is 5.23. The highest BCUT2D eigenvalue weighted by Gasteiger charge is 2.12. The molecule has 0 bridgehead atoms. The summed E-state index contributed by atoms with van der Waals surface area (Å²) in [6, 6.07) is 0. The molecule has 0 rings (SSSR count). The van der Waals surface area contributed by atoms with Crippen molar-refractivity contribution in [3.63, 3.8) is 0 Å². The fourth-order valence-electron chi connectivity index (χ4n) is 0.579. The van der Waals surface area contributed by atoms with Gasteiger partial charge < -0.3 is 4.74 Å². The molecule has 0 aromatic rings. The van der Waals surface area contributed by atoms with Crippen molar-refractivity contribution in [3.8, 4) is 0 Å². The third-order valence-electron chi connectivity index (χ3n) is 1.24. The maximum atomic E-state index is 10.8. The van der Waals surface area contributed by atoms with E-state index in [1.54, 1.807) is 13.8 Å². The Labute approximate surface area is 61.0 Å². The van der Waals surface area contributed by atoms with E-state index in [0.29, 0.717) is 13.0 Å². The van der Waals surface area contributed by atoms with Gasteiger partial charge in [0.05, 0.1) is 19.1 Å². The van der Waals surface area contributed by atoms with Crippen molar-refractivity contribution in [1.29, 1.82) is 0 Å². The first-order chi connectivity index (χ1) is 4.72. The molecule has 3 heteroatoms. The van der Waals surface area contributed by atoms with Gasteiger partial charge in [0.15, 0.2) is 0 Å². The Morgan fingerprint density at radius 3 is 2.60 bits per heavy atom. The van der Waals surface area contributed by atoms with Crippen LogP contribution in [-0.2, 0) is 14.6 Å². The molecule has 10 heavy (non-hydrogen) atoms. The first-order valence-corrected chi connectivity index (χ1v) is 3.47. The lowest BCUT2D eigenvalue weighted by atomic mass is 10.1. The van der Waals surface area contributed by atoms with Crippen LogP contribution in [0.2, 0.25) is 0 Å². The molecule has 0 aliphatic carbocycles. The van der Waals surface area contributed by atoms with Gasteiger partial charge in [0, 0.05) is 0 Å². The summed E-state index contributed by atoms with van der Waals surface area (Å²) in [5, 5.41) is 10.0. The van der Waals surface area contributed by atoms with E-state index < -0.39 is 0 Å². The molecule has 0 spiro atoms. The van der Waals surface area contributed by atoms with E-state index in [4.69, 9.17) is 0 Å². The molecule has 3 nitrogen and oxygen atoms in total. The fourth-order valence-corrected chi connectivity index (χ4v) is 0.579. The number of carbonyl (C=O) groups excluding carboxylic acids is 1. The van der Waals surface area contributed by atoms with E-state index in [-0.39, 0.29) is 18.5 Å². The van der Waals surface area contributed by atoms with Crippen molar-refractivity contribution < 1.29 is 14.6 Å². The van der Waals surface area contributed by atoms with Crippen LogP contribution in [0.4, 0.5) is 0 Å². The number of carbonyl (C=O) groups is 1. The van der Waals surface area contributed by atoms with Crippen molar-refractivity contribution in [2.45, 2.75) is 20.3 Å². The molecule has 0 fully saturated rings. The molecule has 0 heterocycles. The van der Waals surface area contributed by atoms with Gasteiger partial charge in [-0.2, -0.15) is 0 Å². The van der Waals surface area contributed by atoms with Crippen LogP contribution in [0.15, 0.2) is 0 Å². The van der Waals surface area contributed by atoms with Crippen LogP contribution in [0.5, 0.6) is 0 Å². The van der Waals surface area contributed by atoms with E-state index in [1.807, 2.05) is 0 Å². The quantitative estimate of drug-likeness (QED) is 0.554. The smallest absolute Gasteiger partial charge is 0.308 e. The number of hydrogen-bond donors (Lipinski definition) is 0. The zero-order valence-electron chi connectivity index (χ0n) is 6.42. The molecule has 59 valence electrons. The van der Waals surface area contributed by atoms with Crippen LogP contribution < -0.4 is 0 Å². The third kappa shape index (κ3) is 3.45. The van der Waals surface area contributed by atoms with Crippen molar-refractivity contribution in [1.82, 2.24) is 0 Å². The zero-order valence-corrected chi connectivity index (χ0v) is 6.42. The topological polar surface area (TPSA) is 46.2 Å². The summed E-state index contributed by atoms with van der Waals surface area (Å²) in [6.07, 6.45) is 0.374. The monoisotopic (exact) mass is 145 g/mol. The molecule has 1 unspecified atom stereocenters. The minimum atomic E-state index is -0.265. The molecule has 1 radical (unpaired) electrons. The maximum Gasteiger partial charge on any atom is 0.308 e. The van der Waals surface area contributed by atoms with Gasteiger partial charge in [-0.1, -0.05) is 6.92 Å². The number of hydrogen-bond acceptors (Lipinski definition) is 2. The lowest BCUT2D eigenvalue weighted by molar-refractivity contribution is -0.148. The molecule has 0 aliphatic rings. The van der Waals surface area contributed by atoms with Gasteiger partial charge in [-0.3, -0.25) is 4.79 Å². The Balaban J connectivity index is 3.49. The number of rotatable bonds is 4.